The van der Waals surface area contributed by atoms with Gasteiger partial charge in [-0.05, 0) is 67.3 Å². The van der Waals surface area contributed by atoms with Crippen molar-refractivity contribution in [3.63, 3.8) is 0 Å². The van der Waals surface area contributed by atoms with Gasteiger partial charge in [0.2, 0.25) is 10.0 Å². The van der Waals surface area contributed by atoms with Gasteiger partial charge in [0.05, 0.1) is 10.4 Å². The summed E-state index contributed by atoms with van der Waals surface area (Å²) < 4.78 is 44.7. The van der Waals surface area contributed by atoms with Crippen molar-refractivity contribution in [2.24, 2.45) is 0 Å². The highest BCUT2D eigenvalue weighted by atomic mass is 32.2. The molecule has 9 nitrogen and oxygen atoms in total. The van der Waals surface area contributed by atoms with E-state index in [0.717, 1.165) is 24.1 Å². The summed E-state index contributed by atoms with van der Waals surface area (Å²) in [6.45, 7) is 7.51. The number of halogens is 1. The summed E-state index contributed by atoms with van der Waals surface area (Å²) in [7, 11) is -3.70. The minimum absolute atomic E-state index is 0.206. The SMILES string of the molecule is CCCn1c(=O)c2[nH]c(-c3ccc(S(=O)(=O)N4CCCN(Cc5ccc(F)cc5)CC4)cc3)cc2n(CCC)c1=O. The molecule has 0 saturated carbocycles. The van der Waals surface area contributed by atoms with E-state index in [-0.39, 0.29) is 22.0 Å². The standard InChI is InChI=1S/C30H36FN5O4S/c1-3-14-35-27-20-26(32-28(27)29(37)36(15-4-2)30(35)38)23-8-12-25(13-9-23)41(39,40)34-17-5-16-33(18-19-34)21-22-6-10-24(31)11-7-22/h6-13,20,32H,3-5,14-19,21H2,1-2H3. The molecule has 0 spiro atoms. The topological polar surface area (TPSA) is 100 Å². The Balaban J connectivity index is 1.36. The zero-order valence-corrected chi connectivity index (χ0v) is 24.3. The zero-order chi connectivity index (χ0) is 29.1. The van der Waals surface area contributed by atoms with Crippen LogP contribution < -0.4 is 11.2 Å². The van der Waals surface area contributed by atoms with Crippen molar-refractivity contribution in [2.75, 3.05) is 26.2 Å². The average Bonchev–Trinajstić information content (AvgIpc) is 3.28. The summed E-state index contributed by atoms with van der Waals surface area (Å²) in [6.07, 6.45) is 2.11. The van der Waals surface area contributed by atoms with Crippen molar-refractivity contribution >= 4 is 21.1 Å². The number of hydrogen-bond acceptors (Lipinski definition) is 5. The number of nitrogens with zero attached hydrogens (tertiary/aromatic N) is 4. The summed E-state index contributed by atoms with van der Waals surface area (Å²) in [5.41, 5.74) is 2.62. The number of aromatic amines is 1. The fraction of sp³-hybridized carbons (Fsp3) is 0.400. The molecule has 0 radical (unpaired) electrons. The van der Waals surface area contributed by atoms with Crippen LogP contribution >= 0.6 is 0 Å². The van der Waals surface area contributed by atoms with Crippen LogP contribution in [0.3, 0.4) is 0 Å². The van der Waals surface area contributed by atoms with E-state index in [0.29, 0.717) is 68.8 Å². The molecule has 0 unspecified atom stereocenters. The molecule has 5 rings (SSSR count). The number of sulfonamides is 1. The van der Waals surface area contributed by atoms with Crippen molar-refractivity contribution < 1.29 is 12.8 Å². The zero-order valence-electron chi connectivity index (χ0n) is 23.5. The summed E-state index contributed by atoms with van der Waals surface area (Å²) in [5.74, 6) is -0.274. The summed E-state index contributed by atoms with van der Waals surface area (Å²) in [5, 5.41) is 0. The fourth-order valence-electron chi connectivity index (χ4n) is 5.46. The number of fused-ring (bicyclic) bond motifs is 1. The van der Waals surface area contributed by atoms with Crippen LogP contribution in [0.2, 0.25) is 0 Å². The van der Waals surface area contributed by atoms with Gasteiger partial charge < -0.3 is 4.98 Å². The molecule has 1 aliphatic rings. The third-order valence-electron chi connectivity index (χ3n) is 7.57. The molecule has 1 aliphatic heterocycles. The van der Waals surface area contributed by atoms with Crippen LogP contribution in [-0.2, 0) is 29.7 Å². The van der Waals surface area contributed by atoms with E-state index in [4.69, 9.17) is 0 Å². The van der Waals surface area contributed by atoms with Gasteiger partial charge in [0, 0.05) is 45.0 Å². The largest absolute Gasteiger partial charge is 0.349 e. The number of aromatic nitrogens is 3. The van der Waals surface area contributed by atoms with Crippen LogP contribution in [0.5, 0.6) is 0 Å². The highest BCUT2D eigenvalue weighted by Crippen LogP contribution is 2.26. The predicted octanol–water partition coefficient (Wildman–Crippen LogP) is 4.01. The molecule has 2 aromatic heterocycles. The summed E-state index contributed by atoms with van der Waals surface area (Å²) >= 11 is 0. The lowest BCUT2D eigenvalue weighted by atomic mass is 10.1. The van der Waals surface area contributed by atoms with Gasteiger partial charge in [0.15, 0.2) is 0 Å². The van der Waals surface area contributed by atoms with Crippen molar-refractivity contribution in [1.82, 2.24) is 23.3 Å². The second-order valence-corrected chi connectivity index (χ2v) is 12.5. The maximum Gasteiger partial charge on any atom is 0.331 e. The lowest BCUT2D eigenvalue weighted by molar-refractivity contribution is 0.278. The number of nitrogens with one attached hydrogen (secondary N) is 1. The van der Waals surface area contributed by atoms with Gasteiger partial charge in [-0.3, -0.25) is 18.8 Å². The minimum Gasteiger partial charge on any atom is -0.349 e. The molecule has 11 heteroatoms. The summed E-state index contributed by atoms with van der Waals surface area (Å²) in [6, 6.07) is 14.8. The molecule has 4 aromatic rings. The van der Waals surface area contributed by atoms with E-state index in [2.05, 4.69) is 9.88 Å². The lowest BCUT2D eigenvalue weighted by Crippen LogP contribution is -2.39. The molecule has 0 atom stereocenters. The van der Waals surface area contributed by atoms with Crippen molar-refractivity contribution in [1.29, 1.82) is 0 Å². The second-order valence-electron chi connectivity index (χ2n) is 10.5. The maximum absolute atomic E-state index is 13.5. The number of aryl methyl sites for hydroxylation is 1. The second kappa shape index (κ2) is 12.1. The van der Waals surface area contributed by atoms with Gasteiger partial charge in [-0.25, -0.2) is 17.6 Å². The number of rotatable bonds is 9. The Morgan fingerprint density at radius 1 is 0.854 bits per heavy atom. The quantitative estimate of drug-likeness (QED) is 0.322. The third kappa shape index (κ3) is 5.93. The number of hydrogen-bond donors (Lipinski definition) is 1. The summed E-state index contributed by atoms with van der Waals surface area (Å²) in [4.78, 5) is 31.7. The van der Waals surface area contributed by atoms with E-state index >= 15 is 0 Å². The molecule has 0 bridgehead atoms. The Hall–Kier alpha value is -3.54. The van der Waals surface area contributed by atoms with Crippen LogP contribution in [0.4, 0.5) is 4.39 Å². The molecule has 1 N–H and O–H groups in total. The average molecular weight is 582 g/mol. The lowest BCUT2D eigenvalue weighted by Gasteiger charge is -2.22. The Kier molecular flexibility index (Phi) is 8.58. The molecular weight excluding hydrogens is 545 g/mol. The van der Waals surface area contributed by atoms with Gasteiger partial charge in [-0.2, -0.15) is 4.31 Å². The first-order chi connectivity index (χ1) is 19.7. The van der Waals surface area contributed by atoms with Crippen LogP contribution in [-0.4, -0.2) is 57.9 Å². The van der Waals surface area contributed by atoms with E-state index in [1.165, 1.54) is 21.0 Å². The molecular formula is C30H36FN5O4S. The van der Waals surface area contributed by atoms with E-state index in [1.54, 1.807) is 47.0 Å². The monoisotopic (exact) mass is 581 g/mol. The first-order valence-corrected chi connectivity index (χ1v) is 15.6. The molecule has 0 aliphatic carbocycles. The van der Waals surface area contributed by atoms with Gasteiger partial charge in [-0.15, -0.1) is 0 Å². The molecule has 1 fully saturated rings. The van der Waals surface area contributed by atoms with Crippen molar-refractivity contribution in [3.05, 3.63) is 86.8 Å². The smallest absolute Gasteiger partial charge is 0.331 e. The molecule has 218 valence electrons. The Labute approximate surface area is 238 Å². The van der Waals surface area contributed by atoms with Crippen molar-refractivity contribution in [2.45, 2.75) is 57.6 Å². The van der Waals surface area contributed by atoms with E-state index in [9.17, 15) is 22.4 Å². The van der Waals surface area contributed by atoms with Crippen LogP contribution in [0, 0.1) is 5.82 Å². The molecule has 41 heavy (non-hydrogen) atoms. The minimum atomic E-state index is -3.70. The van der Waals surface area contributed by atoms with Gasteiger partial charge in [0.1, 0.15) is 11.3 Å². The Morgan fingerprint density at radius 3 is 2.22 bits per heavy atom. The first kappa shape index (κ1) is 29.0. The van der Waals surface area contributed by atoms with Gasteiger partial charge in [0.25, 0.3) is 5.56 Å². The predicted molar refractivity (Wildman–Crippen MR) is 158 cm³/mol. The van der Waals surface area contributed by atoms with E-state index < -0.39 is 10.0 Å². The highest BCUT2D eigenvalue weighted by molar-refractivity contribution is 7.89. The van der Waals surface area contributed by atoms with Crippen LogP contribution in [0.25, 0.3) is 22.3 Å². The molecule has 1 saturated heterocycles. The third-order valence-corrected chi connectivity index (χ3v) is 9.49. The number of benzene rings is 2. The highest BCUT2D eigenvalue weighted by Gasteiger charge is 2.27. The fourth-order valence-corrected chi connectivity index (χ4v) is 6.93. The van der Waals surface area contributed by atoms with E-state index in [1.807, 2.05) is 13.8 Å². The molecule has 0 amide bonds. The Bertz CT molecular complexity index is 1740. The van der Waals surface area contributed by atoms with Gasteiger partial charge in [-0.1, -0.05) is 38.1 Å². The van der Waals surface area contributed by atoms with Crippen molar-refractivity contribution in [3.8, 4) is 11.3 Å². The number of H-pyrrole nitrogens is 1. The van der Waals surface area contributed by atoms with Crippen LogP contribution in [0.15, 0.2) is 69.1 Å². The first-order valence-electron chi connectivity index (χ1n) is 14.2. The maximum atomic E-state index is 13.5. The van der Waals surface area contributed by atoms with Crippen LogP contribution in [0.1, 0.15) is 38.7 Å². The Morgan fingerprint density at radius 2 is 1.54 bits per heavy atom. The normalized spacial score (nSPS) is 15.4. The molecule has 2 aromatic carbocycles. The molecule has 3 heterocycles. The van der Waals surface area contributed by atoms with Gasteiger partial charge >= 0.3 is 5.69 Å².